The minimum atomic E-state index is -0.498. The highest BCUT2D eigenvalue weighted by molar-refractivity contribution is 9.10. The monoisotopic (exact) mass is 390 g/mol. The quantitative estimate of drug-likeness (QED) is 0.779. The highest BCUT2D eigenvalue weighted by Crippen LogP contribution is 2.27. The van der Waals surface area contributed by atoms with Crippen LogP contribution in [-0.4, -0.2) is 22.7 Å². The summed E-state index contributed by atoms with van der Waals surface area (Å²) in [7, 11) is 0. The van der Waals surface area contributed by atoms with Crippen LogP contribution in [0.4, 0.5) is 10.7 Å². The Morgan fingerprint density at radius 3 is 2.67 bits per heavy atom. The topological polar surface area (TPSA) is 76.1 Å². The van der Waals surface area contributed by atoms with Gasteiger partial charge in [-0.25, -0.2) is 14.8 Å². The predicted molar refractivity (Wildman–Crippen MR) is 83.8 cm³/mol. The Hall–Kier alpha value is -1.57. The lowest BCUT2D eigenvalue weighted by Gasteiger charge is -2.09. The lowest BCUT2D eigenvalue weighted by Crippen LogP contribution is -2.32. The van der Waals surface area contributed by atoms with Gasteiger partial charge in [0.25, 0.3) is 0 Å². The van der Waals surface area contributed by atoms with Crippen LogP contribution in [0.1, 0.15) is 0 Å². The molecule has 0 bridgehead atoms. The standard InChI is InChI=1S/C12H9BrCl2N4O2/c13-7-4-16-11(17-5-7)19-12(20)18-6-21-10-2-1-8(14)3-9(10)15/h1-5H,6H2,(H2,16,17,18,19,20). The molecule has 0 aliphatic heterocycles. The molecule has 2 rings (SSSR count). The van der Waals surface area contributed by atoms with E-state index < -0.39 is 6.03 Å². The number of amides is 2. The summed E-state index contributed by atoms with van der Waals surface area (Å²) in [5, 5.41) is 5.80. The Bertz CT molecular complexity index is 640. The fourth-order valence-electron chi connectivity index (χ4n) is 1.29. The van der Waals surface area contributed by atoms with Crippen molar-refractivity contribution in [3.8, 4) is 5.75 Å². The maximum absolute atomic E-state index is 11.6. The lowest BCUT2D eigenvalue weighted by atomic mass is 10.3. The number of hydrogen-bond acceptors (Lipinski definition) is 4. The molecule has 1 aromatic carbocycles. The van der Waals surface area contributed by atoms with Crippen molar-refractivity contribution in [3.63, 3.8) is 0 Å². The molecule has 0 unspecified atom stereocenters. The SMILES string of the molecule is O=C(NCOc1ccc(Cl)cc1Cl)Nc1ncc(Br)cn1. The van der Waals surface area contributed by atoms with Gasteiger partial charge in [-0.3, -0.25) is 5.32 Å². The number of rotatable bonds is 4. The van der Waals surface area contributed by atoms with E-state index >= 15 is 0 Å². The zero-order valence-electron chi connectivity index (χ0n) is 10.4. The molecule has 2 N–H and O–H groups in total. The highest BCUT2D eigenvalue weighted by atomic mass is 79.9. The number of benzene rings is 1. The normalized spacial score (nSPS) is 10.0. The average molecular weight is 392 g/mol. The van der Waals surface area contributed by atoms with E-state index in [0.29, 0.717) is 20.3 Å². The molecule has 0 aliphatic rings. The molecule has 0 saturated carbocycles. The van der Waals surface area contributed by atoms with Gasteiger partial charge in [-0.05, 0) is 34.1 Å². The predicted octanol–water partition coefficient (Wildman–Crippen LogP) is 3.70. The third-order valence-electron chi connectivity index (χ3n) is 2.20. The van der Waals surface area contributed by atoms with Crippen LogP contribution in [0.15, 0.2) is 35.1 Å². The molecule has 0 atom stereocenters. The van der Waals surface area contributed by atoms with Crippen LogP contribution in [0.25, 0.3) is 0 Å². The average Bonchev–Trinajstić information content (AvgIpc) is 2.44. The smallest absolute Gasteiger partial charge is 0.324 e. The van der Waals surface area contributed by atoms with Crippen molar-refractivity contribution in [3.05, 3.63) is 45.1 Å². The van der Waals surface area contributed by atoms with Crippen molar-refractivity contribution >= 4 is 51.1 Å². The van der Waals surface area contributed by atoms with E-state index in [9.17, 15) is 4.79 Å². The van der Waals surface area contributed by atoms with Gasteiger partial charge >= 0.3 is 6.03 Å². The number of nitrogens with zero attached hydrogens (tertiary/aromatic N) is 2. The summed E-state index contributed by atoms with van der Waals surface area (Å²) in [5.74, 6) is 0.599. The molecule has 21 heavy (non-hydrogen) atoms. The van der Waals surface area contributed by atoms with Gasteiger partial charge in [-0.1, -0.05) is 23.2 Å². The zero-order valence-corrected chi connectivity index (χ0v) is 13.5. The summed E-state index contributed by atoms with van der Waals surface area (Å²) in [6.07, 6.45) is 3.04. The van der Waals surface area contributed by atoms with Crippen molar-refractivity contribution in [2.24, 2.45) is 0 Å². The lowest BCUT2D eigenvalue weighted by molar-refractivity contribution is 0.234. The molecule has 2 amide bonds. The Balaban J connectivity index is 1.80. The largest absolute Gasteiger partial charge is 0.472 e. The first-order valence-corrected chi connectivity index (χ1v) is 7.20. The molecule has 1 aromatic heterocycles. The Kier molecular flexibility index (Phi) is 5.60. The first-order valence-electron chi connectivity index (χ1n) is 5.65. The van der Waals surface area contributed by atoms with Crippen LogP contribution < -0.4 is 15.4 Å². The van der Waals surface area contributed by atoms with Gasteiger partial charge < -0.3 is 10.1 Å². The Morgan fingerprint density at radius 1 is 1.29 bits per heavy atom. The second-order valence-electron chi connectivity index (χ2n) is 3.72. The van der Waals surface area contributed by atoms with Crippen LogP contribution in [0.3, 0.4) is 0 Å². The van der Waals surface area contributed by atoms with Crippen LogP contribution in [0.5, 0.6) is 5.75 Å². The number of anilines is 1. The Morgan fingerprint density at radius 2 is 2.00 bits per heavy atom. The minimum Gasteiger partial charge on any atom is -0.472 e. The van der Waals surface area contributed by atoms with Gasteiger partial charge in [-0.2, -0.15) is 0 Å². The van der Waals surface area contributed by atoms with E-state index in [0.717, 1.165) is 0 Å². The number of nitrogens with one attached hydrogen (secondary N) is 2. The van der Waals surface area contributed by atoms with Crippen molar-refractivity contribution in [2.75, 3.05) is 12.0 Å². The van der Waals surface area contributed by atoms with Gasteiger partial charge in [0.2, 0.25) is 5.95 Å². The van der Waals surface area contributed by atoms with E-state index in [4.69, 9.17) is 27.9 Å². The van der Waals surface area contributed by atoms with Gasteiger partial charge in [0.1, 0.15) is 5.75 Å². The van der Waals surface area contributed by atoms with Crippen LogP contribution in [0, 0.1) is 0 Å². The number of halogens is 3. The molecule has 1 heterocycles. The third kappa shape index (κ3) is 5.04. The number of carbonyl (C=O) groups is 1. The maximum Gasteiger partial charge on any atom is 0.324 e. The molecular formula is C12H9BrCl2N4O2. The molecule has 110 valence electrons. The summed E-state index contributed by atoms with van der Waals surface area (Å²) in [5.41, 5.74) is 0. The number of carbonyl (C=O) groups excluding carboxylic acids is 1. The van der Waals surface area contributed by atoms with Crippen molar-refractivity contribution in [2.45, 2.75) is 0 Å². The number of urea groups is 1. The van der Waals surface area contributed by atoms with Crippen LogP contribution >= 0.6 is 39.1 Å². The van der Waals surface area contributed by atoms with E-state index in [1.807, 2.05) is 0 Å². The number of hydrogen-bond donors (Lipinski definition) is 2. The third-order valence-corrected chi connectivity index (χ3v) is 3.14. The van der Waals surface area contributed by atoms with Crippen molar-refractivity contribution in [1.82, 2.24) is 15.3 Å². The highest BCUT2D eigenvalue weighted by Gasteiger charge is 2.05. The number of aromatic nitrogens is 2. The van der Waals surface area contributed by atoms with Gasteiger partial charge in [0.05, 0.1) is 9.50 Å². The molecule has 6 nitrogen and oxygen atoms in total. The van der Waals surface area contributed by atoms with Crippen molar-refractivity contribution < 1.29 is 9.53 Å². The summed E-state index contributed by atoms with van der Waals surface area (Å²) >= 11 is 14.9. The van der Waals surface area contributed by atoms with Crippen LogP contribution in [0.2, 0.25) is 10.0 Å². The summed E-state index contributed by atoms with van der Waals surface area (Å²) in [6, 6.07) is 4.30. The van der Waals surface area contributed by atoms with Gasteiger partial charge in [0, 0.05) is 17.4 Å². The first-order chi connectivity index (χ1) is 10.0. The fraction of sp³-hybridized carbons (Fsp3) is 0.0833. The maximum atomic E-state index is 11.6. The molecular weight excluding hydrogens is 383 g/mol. The molecule has 0 spiro atoms. The molecule has 0 radical (unpaired) electrons. The summed E-state index contributed by atoms with van der Waals surface area (Å²) < 4.78 is 6.03. The summed E-state index contributed by atoms with van der Waals surface area (Å²) in [4.78, 5) is 19.4. The van der Waals surface area contributed by atoms with E-state index in [-0.39, 0.29) is 12.7 Å². The Labute approximate surface area is 139 Å². The molecule has 2 aromatic rings. The molecule has 0 fully saturated rings. The first kappa shape index (κ1) is 15.8. The fourth-order valence-corrected chi connectivity index (χ4v) is 1.96. The van der Waals surface area contributed by atoms with Gasteiger partial charge in [-0.15, -0.1) is 0 Å². The van der Waals surface area contributed by atoms with Crippen LogP contribution in [-0.2, 0) is 0 Å². The second-order valence-corrected chi connectivity index (χ2v) is 5.48. The van der Waals surface area contributed by atoms with E-state index in [2.05, 4.69) is 36.5 Å². The van der Waals surface area contributed by atoms with Gasteiger partial charge in [0.15, 0.2) is 6.73 Å². The minimum absolute atomic E-state index is 0.0658. The van der Waals surface area contributed by atoms with Crippen molar-refractivity contribution in [1.29, 1.82) is 0 Å². The second kappa shape index (κ2) is 7.44. The molecule has 0 aliphatic carbocycles. The zero-order chi connectivity index (χ0) is 15.2. The summed E-state index contributed by atoms with van der Waals surface area (Å²) in [6.45, 7) is -0.0658. The van der Waals surface area contributed by atoms with E-state index in [1.165, 1.54) is 12.4 Å². The molecule has 9 heteroatoms. The van der Waals surface area contributed by atoms with E-state index in [1.54, 1.807) is 18.2 Å². The molecule has 0 saturated heterocycles. The number of ether oxygens (including phenoxy) is 1.